The number of aryl methyl sites for hydroxylation is 1. The zero-order chi connectivity index (χ0) is 17.6. The first-order chi connectivity index (χ1) is 12.0. The van der Waals surface area contributed by atoms with Crippen LogP contribution in [-0.4, -0.2) is 22.6 Å². The molecule has 0 aliphatic heterocycles. The summed E-state index contributed by atoms with van der Waals surface area (Å²) >= 11 is 0. The molecular weight excluding hydrogens is 312 g/mol. The maximum absolute atomic E-state index is 12.9. The molecule has 0 saturated heterocycles. The summed E-state index contributed by atoms with van der Waals surface area (Å²) in [5.74, 6) is 3.00. The van der Waals surface area contributed by atoms with Crippen molar-refractivity contribution >= 4 is 5.78 Å². The molecule has 3 aliphatic rings. The van der Waals surface area contributed by atoms with Gasteiger partial charge in [-0.25, -0.2) is 0 Å². The molecule has 2 fully saturated rings. The van der Waals surface area contributed by atoms with Crippen molar-refractivity contribution in [3.8, 4) is 5.75 Å². The molecule has 5 atom stereocenters. The van der Waals surface area contributed by atoms with E-state index >= 15 is 0 Å². The van der Waals surface area contributed by atoms with Crippen molar-refractivity contribution in [2.45, 2.75) is 64.2 Å². The van der Waals surface area contributed by atoms with Crippen LogP contribution in [0.5, 0.6) is 5.75 Å². The Morgan fingerprint density at radius 3 is 2.88 bits per heavy atom. The lowest BCUT2D eigenvalue weighted by atomic mass is 9.54. The quantitative estimate of drug-likeness (QED) is 0.806. The Bertz CT molecular complexity index is 667. The van der Waals surface area contributed by atoms with E-state index in [9.17, 15) is 9.90 Å². The molecule has 1 aromatic rings. The van der Waals surface area contributed by atoms with E-state index < -0.39 is 0 Å². The van der Waals surface area contributed by atoms with Crippen LogP contribution in [0.2, 0.25) is 0 Å². The molecule has 0 spiro atoms. The lowest BCUT2D eigenvalue weighted by Crippen LogP contribution is -2.44. The van der Waals surface area contributed by atoms with Gasteiger partial charge in [-0.15, -0.1) is 0 Å². The van der Waals surface area contributed by atoms with Crippen molar-refractivity contribution in [3.05, 3.63) is 29.3 Å². The standard InChI is InChI=1S/C22H30O3/c1-22-10-9-18-17-8-6-16(24)12-14(17)5-7-19(18)21(22)15(13-20(22)25)4-2-3-11-23/h6,8,12,15,18-19,21,23-24H,2-5,7,9-11,13H2,1H3/t15-,18-,19-,21+,22-/m1/s1. The molecule has 136 valence electrons. The fourth-order valence-corrected chi connectivity index (χ4v) is 6.41. The van der Waals surface area contributed by atoms with Gasteiger partial charge in [0.15, 0.2) is 0 Å². The number of aliphatic hydroxyl groups is 1. The van der Waals surface area contributed by atoms with Gasteiger partial charge in [-0.3, -0.25) is 4.79 Å². The van der Waals surface area contributed by atoms with E-state index in [1.54, 1.807) is 0 Å². The molecule has 0 heterocycles. The molecule has 0 amide bonds. The third-order valence-electron chi connectivity index (χ3n) is 7.54. The highest BCUT2D eigenvalue weighted by atomic mass is 16.3. The molecule has 3 nitrogen and oxygen atoms in total. The summed E-state index contributed by atoms with van der Waals surface area (Å²) in [6.45, 7) is 2.49. The third-order valence-corrected chi connectivity index (χ3v) is 7.54. The van der Waals surface area contributed by atoms with Crippen molar-refractivity contribution in [1.82, 2.24) is 0 Å². The molecule has 2 saturated carbocycles. The Hall–Kier alpha value is -1.35. The average Bonchev–Trinajstić information content (AvgIpc) is 2.85. The number of hydrogen-bond acceptors (Lipinski definition) is 3. The second-order valence-electron chi connectivity index (χ2n) is 8.78. The molecule has 0 aromatic heterocycles. The molecule has 4 rings (SSSR count). The second kappa shape index (κ2) is 6.42. The minimum absolute atomic E-state index is 0.126. The number of benzene rings is 1. The number of ketones is 1. The highest BCUT2D eigenvalue weighted by Gasteiger charge is 2.58. The minimum Gasteiger partial charge on any atom is -0.508 e. The fourth-order valence-electron chi connectivity index (χ4n) is 6.41. The van der Waals surface area contributed by atoms with E-state index in [1.807, 2.05) is 12.1 Å². The average molecular weight is 342 g/mol. The van der Waals surface area contributed by atoms with Crippen LogP contribution in [0.3, 0.4) is 0 Å². The summed E-state index contributed by atoms with van der Waals surface area (Å²) in [5, 5.41) is 18.9. The van der Waals surface area contributed by atoms with Crippen molar-refractivity contribution in [2.75, 3.05) is 6.61 Å². The number of unbranched alkanes of at least 4 members (excludes halogenated alkanes) is 1. The highest BCUT2D eigenvalue weighted by molar-refractivity contribution is 5.87. The van der Waals surface area contributed by atoms with Gasteiger partial charge >= 0.3 is 0 Å². The Morgan fingerprint density at radius 2 is 2.08 bits per heavy atom. The van der Waals surface area contributed by atoms with Gasteiger partial charge in [0, 0.05) is 18.4 Å². The Balaban J connectivity index is 1.63. The summed E-state index contributed by atoms with van der Waals surface area (Å²) in [7, 11) is 0. The third kappa shape index (κ3) is 2.71. The molecule has 0 bridgehead atoms. The van der Waals surface area contributed by atoms with Crippen LogP contribution in [0.1, 0.15) is 68.9 Å². The fraction of sp³-hybridized carbons (Fsp3) is 0.682. The van der Waals surface area contributed by atoms with Gasteiger partial charge in [0.1, 0.15) is 11.5 Å². The van der Waals surface area contributed by atoms with Crippen LogP contribution in [0.4, 0.5) is 0 Å². The van der Waals surface area contributed by atoms with Crippen LogP contribution in [0.25, 0.3) is 0 Å². The Labute approximate surface area is 150 Å². The van der Waals surface area contributed by atoms with E-state index in [1.165, 1.54) is 11.1 Å². The van der Waals surface area contributed by atoms with Crippen molar-refractivity contribution in [2.24, 2.45) is 23.2 Å². The number of rotatable bonds is 4. The van der Waals surface area contributed by atoms with Crippen molar-refractivity contribution < 1.29 is 15.0 Å². The molecular formula is C22H30O3. The first kappa shape index (κ1) is 17.1. The topological polar surface area (TPSA) is 57.5 Å². The van der Waals surface area contributed by atoms with E-state index in [0.717, 1.165) is 51.4 Å². The molecule has 3 aliphatic carbocycles. The number of carbonyl (C=O) groups excluding carboxylic acids is 1. The highest BCUT2D eigenvalue weighted by Crippen LogP contribution is 2.62. The number of aliphatic hydroxyl groups excluding tert-OH is 1. The second-order valence-corrected chi connectivity index (χ2v) is 8.78. The maximum Gasteiger partial charge on any atom is 0.139 e. The number of phenolic OH excluding ortho intramolecular Hbond substituents is 1. The summed E-state index contributed by atoms with van der Waals surface area (Å²) < 4.78 is 0. The van der Waals surface area contributed by atoms with Crippen LogP contribution in [0, 0.1) is 23.2 Å². The molecule has 1 aromatic carbocycles. The zero-order valence-electron chi connectivity index (χ0n) is 15.2. The summed E-state index contributed by atoms with van der Waals surface area (Å²) in [5.41, 5.74) is 2.61. The van der Waals surface area contributed by atoms with Gasteiger partial charge in [0.25, 0.3) is 0 Å². The first-order valence-corrected chi connectivity index (χ1v) is 10.0. The number of Topliss-reactive ketones (excluding diaryl/α,β-unsaturated/α-hetero) is 1. The van der Waals surface area contributed by atoms with Gasteiger partial charge in [-0.1, -0.05) is 19.4 Å². The Kier molecular flexibility index (Phi) is 4.39. The van der Waals surface area contributed by atoms with E-state index in [4.69, 9.17) is 5.11 Å². The normalized spacial score (nSPS) is 36.6. The van der Waals surface area contributed by atoms with Gasteiger partial charge in [0.2, 0.25) is 0 Å². The van der Waals surface area contributed by atoms with E-state index in [0.29, 0.717) is 35.2 Å². The summed E-state index contributed by atoms with van der Waals surface area (Å²) in [6.07, 6.45) is 7.99. The molecule has 2 N–H and O–H groups in total. The number of aromatic hydroxyl groups is 1. The smallest absolute Gasteiger partial charge is 0.139 e. The predicted octanol–water partition coefficient (Wildman–Crippen LogP) is 4.21. The van der Waals surface area contributed by atoms with Crippen LogP contribution < -0.4 is 0 Å². The van der Waals surface area contributed by atoms with Crippen LogP contribution in [-0.2, 0) is 11.2 Å². The minimum atomic E-state index is -0.126. The number of hydrogen-bond donors (Lipinski definition) is 2. The lowest BCUT2D eigenvalue weighted by molar-refractivity contribution is -0.129. The van der Waals surface area contributed by atoms with Gasteiger partial charge < -0.3 is 10.2 Å². The SMILES string of the molecule is C[C@]12CC[C@@H]3c4ccc(O)cc4CC[C@H]3[C@@H]1[C@H](CCCCO)CC2=O. The zero-order valence-corrected chi connectivity index (χ0v) is 15.2. The van der Waals surface area contributed by atoms with Gasteiger partial charge in [0.05, 0.1) is 0 Å². The molecule has 0 unspecified atom stereocenters. The van der Waals surface area contributed by atoms with Crippen LogP contribution in [0.15, 0.2) is 18.2 Å². The van der Waals surface area contributed by atoms with E-state index in [2.05, 4.69) is 13.0 Å². The maximum atomic E-state index is 12.9. The summed E-state index contributed by atoms with van der Waals surface area (Å²) in [6, 6.07) is 5.90. The lowest BCUT2D eigenvalue weighted by Gasteiger charge is -2.50. The van der Waals surface area contributed by atoms with Crippen molar-refractivity contribution in [3.63, 3.8) is 0 Å². The molecule has 3 heteroatoms. The molecule has 25 heavy (non-hydrogen) atoms. The van der Waals surface area contributed by atoms with Gasteiger partial charge in [-0.05, 0) is 85.5 Å². The largest absolute Gasteiger partial charge is 0.508 e. The Morgan fingerprint density at radius 1 is 1.24 bits per heavy atom. The number of fused-ring (bicyclic) bond motifs is 5. The monoisotopic (exact) mass is 342 g/mol. The number of carbonyl (C=O) groups is 1. The van der Waals surface area contributed by atoms with Crippen LogP contribution >= 0.6 is 0 Å². The van der Waals surface area contributed by atoms with Crippen molar-refractivity contribution in [1.29, 1.82) is 0 Å². The first-order valence-electron chi connectivity index (χ1n) is 10.0. The predicted molar refractivity (Wildman–Crippen MR) is 97.5 cm³/mol. The number of phenols is 1. The molecule has 0 radical (unpaired) electrons. The van der Waals surface area contributed by atoms with E-state index in [-0.39, 0.29) is 12.0 Å². The summed E-state index contributed by atoms with van der Waals surface area (Å²) in [4.78, 5) is 12.9. The van der Waals surface area contributed by atoms with Gasteiger partial charge in [-0.2, -0.15) is 0 Å².